The number of carbonyl (C=O) groups is 10. The fourth-order valence-corrected chi connectivity index (χ4v) is 19.5. The lowest BCUT2D eigenvalue weighted by Crippen LogP contribution is -2.57. The van der Waals surface area contributed by atoms with E-state index in [-0.39, 0.29) is 94.8 Å². The van der Waals surface area contributed by atoms with E-state index in [0.29, 0.717) is 74.9 Å². The number of H-pyrrole nitrogens is 2. The Bertz CT molecular complexity index is 5130. The molecule has 710 valence electrons. The summed E-state index contributed by atoms with van der Waals surface area (Å²) >= 11 is 0. The minimum absolute atomic E-state index is 0.0169. The van der Waals surface area contributed by atoms with Gasteiger partial charge in [0.05, 0.1) is 88.5 Å². The van der Waals surface area contributed by atoms with E-state index < -0.39 is 71.5 Å². The van der Waals surface area contributed by atoms with Crippen molar-refractivity contribution < 1.29 is 71.3 Å². The first-order valence-electron chi connectivity index (χ1n) is 46.5. The molecule has 0 radical (unpaired) electrons. The Morgan fingerprint density at radius 3 is 1.00 bits per heavy atom. The average Bonchev–Trinajstić information content (AvgIpc) is 1.63. The summed E-state index contributed by atoms with van der Waals surface area (Å²) in [7, 11) is 5.08. The van der Waals surface area contributed by atoms with E-state index in [1.165, 1.54) is 46.1 Å². The highest BCUT2D eigenvalue weighted by molar-refractivity contribution is 6.00. The van der Waals surface area contributed by atoms with Gasteiger partial charge >= 0.3 is 24.4 Å². The SMILES string of the molecule is COC(=O)N[C@H](C(=O)N1CCC[C@H]1C(=O)Nc1ccc([C@H]2CC[C@H](c3ccc(NC(=O)[C@@H]4CCCN4C(=O)[C@@H](NC(=O)OC)C(C)(C)C)cc3)N2c2ccc(C(C)(C)C)cc2)cc1)C(C)(C)C.COC(=O)N[C@H](C(=O)N1CCC[C@H]1c1ncc(-c2ccc([C@H]3CC[C@@H](c4ccc(-c5cnc([C@@H]6CCCN6C(=O)[C@@H](NC(=O)OC)C(C)C)[nH]5)cc4)N3c3ccc(F)cc3)cc2)[nH]1)C(C)C. The van der Waals surface area contributed by atoms with Gasteiger partial charge in [0.2, 0.25) is 35.4 Å². The third kappa shape index (κ3) is 22.6. The zero-order valence-corrected chi connectivity index (χ0v) is 79.6. The Hall–Kier alpha value is -12.8. The summed E-state index contributed by atoms with van der Waals surface area (Å²) in [6.07, 6.45) is 10.0. The molecule has 6 aliphatic heterocycles. The van der Waals surface area contributed by atoms with E-state index in [4.69, 9.17) is 28.9 Å². The number of halogens is 1. The lowest BCUT2D eigenvalue weighted by molar-refractivity contribution is -0.140. The molecule has 6 saturated heterocycles. The standard InChI is InChI=1S/C52H71N7O8.C50H60FN9O6/c1-50(2,3)34-20-26-37(27-21-34)59-38(32-16-22-35(23-17-32)53-44(60)40-14-12-30-57(40)46(62)42(51(4,5)6)55-48(64)66-10)28-29-39(59)33-18-24-36(25-19-33)54-45(61)41-15-13-31-58(41)47(63)43(52(7,8)9)56-49(65)67-11;1-29(2)43(56-49(63)65-5)47(61)58-25-7-9-41(58)45-52-27-37(54-45)31-11-15-33(16-12-31)39-23-24-40(60(39)36-21-19-35(51)20-22-36)34-17-13-32(14-18-34)38-28-53-46(55-38)42-10-8-26-59(42)48(62)44(30(3)4)57-50(64)66-6/h16-27,38-43H,12-15,28-31H2,1-11H3,(H,53,60)(H,54,61)(H,55,64)(H,56,65);11-22,27-30,39-44H,7-10,23-26H2,1-6H3,(H,52,54)(H,53,55)(H,56,63)(H,57,64)/t38-,39-,40+,41+,42-,43-;39-,40+,41-,42-,43-,44-/m10/s1. The summed E-state index contributed by atoms with van der Waals surface area (Å²) in [5.41, 5.74) is 11.3. The molecule has 8 aromatic rings. The smallest absolute Gasteiger partial charge is 0.407 e. The van der Waals surface area contributed by atoms with Crippen LogP contribution in [0, 0.1) is 28.5 Å². The minimum atomic E-state index is -0.868. The Kier molecular flexibility index (Phi) is 30.8. The van der Waals surface area contributed by atoms with Crippen molar-refractivity contribution in [1.29, 1.82) is 0 Å². The molecule has 14 rings (SSSR count). The van der Waals surface area contributed by atoms with Crippen LogP contribution in [-0.2, 0) is 53.1 Å². The van der Waals surface area contributed by atoms with E-state index in [1.54, 1.807) is 19.6 Å². The van der Waals surface area contributed by atoms with Crippen LogP contribution in [0.2, 0.25) is 0 Å². The molecule has 0 saturated carbocycles. The largest absolute Gasteiger partial charge is 0.453 e. The zero-order chi connectivity index (χ0) is 95.7. The van der Waals surface area contributed by atoms with E-state index in [0.717, 1.165) is 108 Å². The van der Waals surface area contributed by atoms with Crippen molar-refractivity contribution in [1.82, 2.24) is 60.8 Å². The van der Waals surface area contributed by atoms with Gasteiger partial charge in [-0.1, -0.05) is 175 Å². The number of aromatic amines is 2. The Labute approximate surface area is 779 Å². The van der Waals surface area contributed by atoms with Crippen molar-refractivity contribution in [2.45, 2.75) is 245 Å². The van der Waals surface area contributed by atoms with Crippen LogP contribution in [0.15, 0.2) is 158 Å². The maximum absolute atomic E-state index is 14.3. The number of anilines is 4. The fourth-order valence-electron chi connectivity index (χ4n) is 19.5. The molecule has 31 heteroatoms. The van der Waals surface area contributed by atoms with Crippen molar-refractivity contribution >= 4 is 82.6 Å². The van der Waals surface area contributed by atoms with E-state index in [9.17, 15) is 52.3 Å². The predicted octanol–water partition coefficient (Wildman–Crippen LogP) is 17.2. The molecule has 6 aliphatic rings. The number of imidazole rings is 2. The van der Waals surface area contributed by atoms with Crippen molar-refractivity contribution in [3.8, 4) is 22.5 Å². The maximum atomic E-state index is 14.3. The average molecular weight is 1820 g/mol. The highest BCUT2D eigenvalue weighted by atomic mass is 19.1. The first kappa shape index (κ1) is 97.7. The second kappa shape index (κ2) is 42.0. The summed E-state index contributed by atoms with van der Waals surface area (Å²) in [6, 6.07) is 43.4. The highest BCUT2D eigenvalue weighted by Gasteiger charge is 2.47. The summed E-state index contributed by atoms with van der Waals surface area (Å²) < 4.78 is 33.4. The van der Waals surface area contributed by atoms with Crippen molar-refractivity contribution in [3.05, 3.63) is 203 Å². The van der Waals surface area contributed by atoms with Crippen molar-refractivity contribution in [2.24, 2.45) is 22.7 Å². The molecular weight excluding hydrogens is 1690 g/mol. The molecule has 0 bridgehead atoms. The van der Waals surface area contributed by atoms with Crippen LogP contribution < -0.4 is 41.7 Å². The number of aromatic nitrogens is 4. The van der Waals surface area contributed by atoms with Gasteiger partial charge in [-0.3, -0.25) is 28.8 Å². The zero-order valence-electron chi connectivity index (χ0n) is 79.6. The highest BCUT2D eigenvalue weighted by Crippen LogP contribution is 2.50. The molecule has 2 aromatic heterocycles. The minimum Gasteiger partial charge on any atom is -0.453 e. The number of likely N-dealkylation sites (tertiary alicyclic amines) is 4. The summed E-state index contributed by atoms with van der Waals surface area (Å²) in [5, 5.41) is 16.9. The maximum Gasteiger partial charge on any atom is 0.407 e. The first-order valence-corrected chi connectivity index (χ1v) is 46.5. The molecule has 8 heterocycles. The molecule has 6 aromatic carbocycles. The predicted molar refractivity (Wildman–Crippen MR) is 507 cm³/mol. The quantitative estimate of drug-likeness (QED) is 0.0261. The third-order valence-electron chi connectivity index (χ3n) is 26.7. The van der Waals surface area contributed by atoms with E-state index >= 15 is 0 Å². The van der Waals surface area contributed by atoms with Crippen LogP contribution in [0.5, 0.6) is 0 Å². The molecule has 133 heavy (non-hydrogen) atoms. The van der Waals surface area contributed by atoms with Crippen LogP contribution in [0.1, 0.15) is 243 Å². The summed E-state index contributed by atoms with van der Waals surface area (Å²) in [4.78, 5) is 159. The van der Waals surface area contributed by atoms with Gasteiger partial charge in [0.1, 0.15) is 53.7 Å². The molecule has 10 amide bonds. The number of nitrogens with zero attached hydrogens (tertiary/aromatic N) is 8. The Balaban J connectivity index is 0.000000226. The van der Waals surface area contributed by atoms with E-state index in [2.05, 4.69) is 170 Å². The van der Waals surface area contributed by atoms with Gasteiger partial charge in [0.15, 0.2) is 0 Å². The number of hydrogen-bond acceptors (Lipinski definition) is 18. The number of benzene rings is 6. The molecule has 0 unspecified atom stereocenters. The molecule has 30 nitrogen and oxygen atoms in total. The van der Waals surface area contributed by atoms with Gasteiger partial charge in [0, 0.05) is 48.9 Å². The van der Waals surface area contributed by atoms with Crippen LogP contribution in [0.4, 0.5) is 46.3 Å². The van der Waals surface area contributed by atoms with Crippen LogP contribution in [-0.4, -0.2) is 190 Å². The van der Waals surface area contributed by atoms with Gasteiger partial charge in [-0.25, -0.2) is 33.5 Å². The fraction of sp³-hybridized carbons (Fsp3) is 0.490. The number of methoxy groups -OCH3 is 4. The van der Waals surface area contributed by atoms with Gasteiger partial charge in [-0.15, -0.1) is 0 Å². The van der Waals surface area contributed by atoms with Crippen LogP contribution in [0.25, 0.3) is 22.5 Å². The van der Waals surface area contributed by atoms with Gasteiger partial charge in [0.25, 0.3) is 0 Å². The number of ether oxygens (including phenoxy) is 4. The van der Waals surface area contributed by atoms with Gasteiger partial charge in [-0.2, -0.15) is 0 Å². The Morgan fingerprint density at radius 2 is 0.684 bits per heavy atom. The van der Waals surface area contributed by atoms with Crippen LogP contribution >= 0.6 is 0 Å². The lowest BCUT2D eigenvalue weighted by Gasteiger charge is -2.35. The topological polar surface area (TPSA) is 357 Å². The van der Waals surface area contributed by atoms with Crippen molar-refractivity contribution in [3.63, 3.8) is 0 Å². The summed E-state index contributed by atoms with van der Waals surface area (Å²) in [5.74, 6) is -0.618. The number of hydrogen-bond donors (Lipinski definition) is 8. The molecule has 0 spiro atoms. The van der Waals surface area contributed by atoms with Crippen molar-refractivity contribution in [2.75, 3.05) is 75.1 Å². The molecule has 12 atom stereocenters. The van der Waals surface area contributed by atoms with Gasteiger partial charge < -0.3 is 90.2 Å². The number of alkyl carbamates (subject to hydrolysis) is 4. The number of amides is 10. The van der Waals surface area contributed by atoms with Crippen LogP contribution in [0.3, 0.4) is 0 Å². The normalized spacial score (nSPS) is 20.6. The lowest BCUT2D eigenvalue weighted by atomic mass is 9.85. The Morgan fingerprint density at radius 1 is 0.376 bits per heavy atom. The second-order valence-electron chi connectivity index (χ2n) is 39.5. The summed E-state index contributed by atoms with van der Waals surface area (Å²) in [6.45, 7) is 27.3. The number of rotatable bonds is 24. The van der Waals surface area contributed by atoms with E-state index in [1.807, 2.05) is 118 Å². The number of carbonyl (C=O) groups excluding carboxylic acids is 10. The third-order valence-corrected chi connectivity index (χ3v) is 26.7. The second-order valence-corrected chi connectivity index (χ2v) is 39.5. The number of nitrogens with one attached hydrogen (secondary N) is 8. The molecule has 8 N–H and O–H groups in total. The van der Waals surface area contributed by atoms with Gasteiger partial charge in [-0.05, 0) is 205 Å². The molecule has 0 aliphatic carbocycles. The molecule has 6 fully saturated rings. The molecular formula is C102H131FN16O14. The first-order chi connectivity index (χ1) is 63.3. The monoisotopic (exact) mass is 1820 g/mol.